The van der Waals surface area contributed by atoms with E-state index < -0.39 is 20.1 Å². The van der Waals surface area contributed by atoms with Crippen LogP contribution in [0, 0.1) is 0 Å². The van der Waals surface area contributed by atoms with Gasteiger partial charge in [0.15, 0.2) is 0 Å². The summed E-state index contributed by atoms with van der Waals surface area (Å²) in [5, 5.41) is 0.551. The van der Waals surface area contributed by atoms with Gasteiger partial charge in [0, 0.05) is 17.1 Å². The first kappa shape index (κ1) is 25.6. The molecule has 0 bridgehead atoms. The zero-order valence-electron chi connectivity index (χ0n) is 18.6. The minimum atomic E-state index is -4.36. The Morgan fingerprint density at radius 1 is 0.909 bits per heavy atom. The lowest BCUT2D eigenvalue weighted by Crippen LogP contribution is -2.26. The molecule has 2 aliphatic rings. The molecule has 1 aromatic carbocycles. The molecule has 6 nitrogen and oxygen atoms in total. The van der Waals surface area contributed by atoms with Gasteiger partial charge >= 0.3 is 0 Å². The molecule has 0 saturated heterocycles. The number of unbranched alkanes of at least 4 members (excludes halogenated alkanes) is 1. The fourth-order valence-corrected chi connectivity index (χ4v) is 5.79. The molecular formula is C24H28ClNO5S2. The summed E-state index contributed by atoms with van der Waals surface area (Å²) in [4.78, 5) is -0.0953. The molecule has 0 heterocycles. The number of hydrogen-bond acceptors (Lipinski definition) is 4. The normalized spacial score (nSPS) is 12.5. The lowest BCUT2D eigenvalue weighted by atomic mass is 10.0. The number of nitrogens with one attached hydrogen (secondary N) is 1. The molecule has 0 aliphatic heterocycles. The Labute approximate surface area is 201 Å². The summed E-state index contributed by atoms with van der Waals surface area (Å²) in [5.41, 5.74) is 3.79. The van der Waals surface area contributed by atoms with Crippen molar-refractivity contribution < 1.29 is 21.4 Å². The monoisotopic (exact) mass is 509 g/mol. The molecule has 0 fully saturated rings. The topological polar surface area (TPSA) is 101 Å². The van der Waals surface area contributed by atoms with E-state index >= 15 is 0 Å². The van der Waals surface area contributed by atoms with E-state index in [1.165, 1.54) is 6.07 Å². The summed E-state index contributed by atoms with van der Waals surface area (Å²) in [5.74, 6) is 0.157. The summed E-state index contributed by atoms with van der Waals surface area (Å²) in [7, 11) is -7.83. The third-order valence-corrected chi connectivity index (χ3v) is 8.00. The largest absolute Gasteiger partial charge is 0.295 e. The average Bonchev–Trinajstić information content (AvgIpc) is 2.92. The van der Waals surface area contributed by atoms with Crippen LogP contribution in [0.5, 0.6) is 0 Å². The number of benzene rings is 1. The minimum Gasteiger partial charge on any atom is -0.282 e. The maximum Gasteiger partial charge on any atom is 0.295 e. The van der Waals surface area contributed by atoms with Crippen molar-refractivity contribution in [2.75, 3.05) is 6.54 Å². The van der Waals surface area contributed by atoms with Gasteiger partial charge in [-0.05, 0) is 65.6 Å². The lowest BCUT2D eigenvalue weighted by molar-refractivity contribution is 0.483. The van der Waals surface area contributed by atoms with Crippen molar-refractivity contribution in [1.29, 1.82) is 0 Å². The Bertz CT molecular complexity index is 1290. The first-order valence-electron chi connectivity index (χ1n) is 10.7. The van der Waals surface area contributed by atoms with Crippen LogP contribution in [0.25, 0.3) is 11.1 Å². The number of aryl methyl sites for hydroxylation is 1. The van der Waals surface area contributed by atoms with Crippen LogP contribution in [0.3, 0.4) is 0 Å². The molecular weight excluding hydrogens is 482 g/mol. The van der Waals surface area contributed by atoms with E-state index in [0.29, 0.717) is 35.4 Å². The fraction of sp³-hybridized carbons (Fsp3) is 0.333. The van der Waals surface area contributed by atoms with Gasteiger partial charge in [-0.2, -0.15) is 8.42 Å². The Hall–Kier alpha value is -1.97. The van der Waals surface area contributed by atoms with Gasteiger partial charge in [0.2, 0.25) is 10.0 Å². The molecule has 178 valence electrons. The van der Waals surface area contributed by atoms with E-state index in [9.17, 15) is 21.4 Å². The summed E-state index contributed by atoms with van der Waals surface area (Å²) >= 11 is 5.83. The molecule has 0 unspecified atom stereocenters. The Balaban J connectivity index is 1.64. The van der Waals surface area contributed by atoms with Crippen LogP contribution in [0.15, 0.2) is 59.5 Å². The second-order valence-corrected chi connectivity index (χ2v) is 12.0. The van der Waals surface area contributed by atoms with Gasteiger partial charge in [-0.3, -0.25) is 4.55 Å². The highest BCUT2D eigenvalue weighted by atomic mass is 35.5. The van der Waals surface area contributed by atoms with E-state index in [0.717, 1.165) is 16.7 Å². The summed E-state index contributed by atoms with van der Waals surface area (Å²) in [6, 6.07) is 15.7. The smallest absolute Gasteiger partial charge is 0.282 e. The molecule has 0 radical (unpaired) electrons. The molecule has 2 N–H and O–H groups in total. The molecule has 3 rings (SSSR count). The van der Waals surface area contributed by atoms with Gasteiger partial charge in [-0.1, -0.05) is 61.8 Å². The number of halogens is 1. The van der Waals surface area contributed by atoms with Crippen LogP contribution >= 0.6 is 11.6 Å². The number of fused-ring (bicyclic) bond motifs is 1. The average molecular weight is 510 g/mol. The van der Waals surface area contributed by atoms with Gasteiger partial charge in [0.1, 0.15) is 4.90 Å². The van der Waals surface area contributed by atoms with Crippen LogP contribution in [0.2, 0.25) is 5.02 Å². The first-order chi connectivity index (χ1) is 15.5. The third-order valence-electron chi connectivity index (χ3n) is 5.50. The molecule has 1 aromatic rings. The van der Waals surface area contributed by atoms with Crippen molar-refractivity contribution in [2.24, 2.45) is 0 Å². The van der Waals surface area contributed by atoms with Crippen LogP contribution in [0.4, 0.5) is 0 Å². The predicted octanol–water partition coefficient (Wildman–Crippen LogP) is 5.26. The second-order valence-electron chi connectivity index (χ2n) is 8.39. The van der Waals surface area contributed by atoms with Gasteiger partial charge in [0.05, 0.1) is 5.75 Å². The van der Waals surface area contributed by atoms with Gasteiger partial charge in [-0.15, -0.1) is 0 Å². The van der Waals surface area contributed by atoms with E-state index in [1.54, 1.807) is 30.3 Å². The van der Waals surface area contributed by atoms with Gasteiger partial charge < -0.3 is 0 Å². The summed E-state index contributed by atoms with van der Waals surface area (Å²) < 4.78 is 60.7. The zero-order valence-corrected chi connectivity index (χ0v) is 21.0. The molecule has 0 aromatic heterocycles. The maximum absolute atomic E-state index is 12.3. The molecule has 2 aliphatic carbocycles. The molecule has 9 heteroatoms. The number of rotatable bonds is 10. The Morgan fingerprint density at radius 3 is 2.15 bits per heavy atom. The highest BCUT2D eigenvalue weighted by molar-refractivity contribution is 7.88. The first-order valence-corrected chi connectivity index (χ1v) is 14.2. The SMILES string of the molecule is CC(C)c1ccc2c(CCCCNS(=O)(=O)Cc3ccc(Cl)cc3)cc(S(=O)(=O)O)c-2cc1. The van der Waals surface area contributed by atoms with Crippen molar-refractivity contribution in [2.45, 2.75) is 49.7 Å². The fourth-order valence-electron chi connectivity index (χ4n) is 3.73. The number of hydrogen-bond donors (Lipinski definition) is 2. The third kappa shape index (κ3) is 7.01. The van der Waals surface area contributed by atoms with E-state index in [1.807, 2.05) is 18.2 Å². The molecule has 0 atom stereocenters. The van der Waals surface area contributed by atoms with Crippen LogP contribution < -0.4 is 4.72 Å². The van der Waals surface area contributed by atoms with Crippen molar-refractivity contribution in [1.82, 2.24) is 4.72 Å². The highest BCUT2D eigenvalue weighted by Gasteiger charge is 2.23. The Morgan fingerprint density at radius 2 is 1.55 bits per heavy atom. The summed E-state index contributed by atoms with van der Waals surface area (Å²) in [6.45, 7) is 4.39. The summed E-state index contributed by atoms with van der Waals surface area (Å²) in [6.07, 6.45) is 1.80. The van der Waals surface area contributed by atoms with E-state index in [-0.39, 0.29) is 23.1 Å². The zero-order chi connectivity index (χ0) is 24.2. The lowest BCUT2D eigenvalue weighted by Gasteiger charge is -2.07. The predicted molar refractivity (Wildman–Crippen MR) is 132 cm³/mol. The van der Waals surface area contributed by atoms with E-state index in [2.05, 4.69) is 18.6 Å². The highest BCUT2D eigenvalue weighted by Crippen LogP contribution is 2.36. The second kappa shape index (κ2) is 10.5. The molecule has 0 spiro atoms. The van der Waals surface area contributed by atoms with Crippen molar-refractivity contribution in [3.05, 3.63) is 76.3 Å². The van der Waals surface area contributed by atoms with Gasteiger partial charge in [0.25, 0.3) is 10.1 Å². The van der Waals surface area contributed by atoms with E-state index in [4.69, 9.17) is 11.6 Å². The Kier molecular flexibility index (Phi) is 8.18. The van der Waals surface area contributed by atoms with Crippen LogP contribution in [0.1, 0.15) is 49.3 Å². The van der Waals surface area contributed by atoms with Crippen LogP contribution in [-0.4, -0.2) is 27.9 Å². The maximum atomic E-state index is 12.3. The number of sulfonamides is 1. The molecule has 33 heavy (non-hydrogen) atoms. The quantitative estimate of drug-likeness (QED) is 0.287. The van der Waals surface area contributed by atoms with Crippen molar-refractivity contribution in [3.63, 3.8) is 0 Å². The van der Waals surface area contributed by atoms with Crippen molar-refractivity contribution in [3.8, 4) is 11.1 Å². The van der Waals surface area contributed by atoms with Crippen LogP contribution in [-0.2, 0) is 32.3 Å². The van der Waals surface area contributed by atoms with Crippen molar-refractivity contribution >= 4 is 31.7 Å². The molecule has 0 amide bonds. The minimum absolute atomic E-state index is 0.0953. The standard InChI is InChI=1S/C24H28ClNO5S2/c1-17(2)19-8-12-22-20(15-24(33(29,30)31)23(22)13-9-19)5-3-4-14-26-32(27,28)16-18-6-10-21(25)11-7-18/h6-13,15,17,26H,3-5,14,16H2,1-2H3,(H,29,30,31). The van der Waals surface area contributed by atoms with Gasteiger partial charge in [-0.25, -0.2) is 13.1 Å². The molecule has 0 saturated carbocycles.